The van der Waals surface area contributed by atoms with Crippen LogP contribution in [0.25, 0.3) is 11.3 Å². The fraction of sp³-hybridized carbons (Fsp3) is 0.350. The van der Waals surface area contributed by atoms with Crippen LogP contribution >= 0.6 is 0 Å². The Hall–Kier alpha value is -2.69. The predicted octanol–water partition coefficient (Wildman–Crippen LogP) is 3.59. The van der Waals surface area contributed by atoms with Crippen molar-refractivity contribution in [1.29, 1.82) is 0 Å². The average molecular weight is 339 g/mol. The van der Waals surface area contributed by atoms with Gasteiger partial charge in [-0.05, 0) is 18.4 Å². The summed E-state index contributed by atoms with van der Waals surface area (Å²) in [5, 5.41) is 0. The van der Waals surface area contributed by atoms with Gasteiger partial charge < -0.3 is 9.47 Å². The molecule has 0 bridgehead atoms. The number of aryl methyl sites for hydroxylation is 1. The number of aromatic nitrogens is 1. The van der Waals surface area contributed by atoms with E-state index < -0.39 is 11.9 Å². The number of ether oxygens (including phenoxy) is 2. The van der Waals surface area contributed by atoms with E-state index in [9.17, 15) is 9.59 Å². The number of carbonyl (C=O) groups excluding carboxylic acids is 2. The molecule has 130 valence electrons. The highest BCUT2D eigenvalue weighted by atomic mass is 16.5. The Balaban J connectivity index is 2.26. The third-order valence-corrected chi connectivity index (χ3v) is 4.19. The predicted molar refractivity (Wildman–Crippen MR) is 93.6 cm³/mol. The molecule has 0 spiro atoms. The van der Waals surface area contributed by atoms with Crippen LogP contribution in [0.1, 0.15) is 52.2 Å². The lowest BCUT2D eigenvalue weighted by Crippen LogP contribution is -2.25. The van der Waals surface area contributed by atoms with Gasteiger partial charge in [0, 0.05) is 12.0 Å². The number of fused-ring (bicyclic) bond motifs is 1. The molecule has 1 aliphatic heterocycles. The van der Waals surface area contributed by atoms with Crippen molar-refractivity contribution in [2.75, 3.05) is 13.2 Å². The SMILES string of the molecule is CCCOC(=O)c1c(-c2ccccc2)nc(CC)c2c1CCOC2=O. The summed E-state index contributed by atoms with van der Waals surface area (Å²) in [5.74, 6) is -0.837. The number of pyridine rings is 1. The van der Waals surface area contributed by atoms with Gasteiger partial charge in [0.05, 0.1) is 35.7 Å². The topological polar surface area (TPSA) is 65.5 Å². The molecular weight excluding hydrogens is 318 g/mol. The molecule has 0 saturated carbocycles. The van der Waals surface area contributed by atoms with E-state index in [2.05, 4.69) is 4.98 Å². The number of hydrogen-bond acceptors (Lipinski definition) is 5. The summed E-state index contributed by atoms with van der Waals surface area (Å²) in [5.41, 5.74) is 3.59. The zero-order chi connectivity index (χ0) is 17.8. The lowest BCUT2D eigenvalue weighted by molar-refractivity contribution is 0.0469. The van der Waals surface area contributed by atoms with E-state index in [1.54, 1.807) is 0 Å². The lowest BCUT2D eigenvalue weighted by atomic mass is 9.91. The van der Waals surface area contributed by atoms with Gasteiger partial charge in [0.15, 0.2) is 0 Å². The zero-order valence-electron chi connectivity index (χ0n) is 14.5. The Morgan fingerprint density at radius 3 is 2.68 bits per heavy atom. The van der Waals surface area contributed by atoms with Gasteiger partial charge in [0.1, 0.15) is 0 Å². The molecule has 1 aromatic heterocycles. The summed E-state index contributed by atoms with van der Waals surface area (Å²) in [7, 11) is 0. The summed E-state index contributed by atoms with van der Waals surface area (Å²) in [6.07, 6.45) is 1.81. The number of cyclic esters (lactones) is 1. The maximum absolute atomic E-state index is 12.8. The molecule has 1 aliphatic rings. The molecule has 3 rings (SSSR count). The first-order chi connectivity index (χ1) is 12.2. The fourth-order valence-corrected chi connectivity index (χ4v) is 3.05. The van der Waals surface area contributed by atoms with Crippen molar-refractivity contribution in [3.63, 3.8) is 0 Å². The van der Waals surface area contributed by atoms with E-state index in [1.807, 2.05) is 44.2 Å². The van der Waals surface area contributed by atoms with Gasteiger partial charge in [0.2, 0.25) is 0 Å². The van der Waals surface area contributed by atoms with Crippen LogP contribution in [0.4, 0.5) is 0 Å². The first-order valence-corrected chi connectivity index (χ1v) is 8.62. The van der Waals surface area contributed by atoms with E-state index in [-0.39, 0.29) is 6.61 Å². The molecule has 5 nitrogen and oxygen atoms in total. The van der Waals surface area contributed by atoms with Crippen molar-refractivity contribution in [3.05, 3.63) is 52.7 Å². The fourth-order valence-electron chi connectivity index (χ4n) is 3.05. The Labute approximate surface area is 147 Å². The number of carbonyl (C=O) groups is 2. The Kier molecular flexibility index (Phi) is 5.12. The molecule has 2 aromatic rings. The number of esters is 2. The van der Waals surface area contributed by atoms with Crippen LogP contribution in [0.5, 0.6) is 0 Å². The van der Waals surface area contributed by atoms with Crippen LogP contribution in [0.15, 0.2) is 30.3 Å². The van der Waals surface area contributed by atoms with Crippen LogP contribution in [-0.2, 0) is 22.3 Å². The lowest BCUT2D eigenvalue weighted by Gasteiger charge is -2.23. The van der Waals surface area contributed by atoms with Gasteiger partial charge in [-0.2, -0.15) is 0 Å². The molecule has 2 heterocycles. The van der Waals surface area contributed by atoms with E-state index in [0.29, 0.717) is 47.5 Å². The Bertz CT molecular complexity index is 799. The first kappa shape index (κ1) is 17.1. The van der Waals surface area contributed by atoms with Crippen LogP contribution < -0.4 is 0 Å². The molecule has 0 atom stereocenters. The van der Waals surface area contributed by atoms with Gasteiger partial charge in [-0.25, -0.2) is 9.59 Å². The summed E-state index contributed by atoms with van der Waals surface area (Å²) in [6, 6.07) is 9.53. The third kappa shape index (κ3) is 3.27. The minimum Gasteiger partial charge on any atom is -0.462 e. The smallest absolute Gasteiger partial charge is 0.340 e. The maximum Gasteiger partial charge on any atom is 0.340 e. The quantitative estimate of drug-likeness (QED) is 0.779. The molecular formula is C20H21NO4. The largest absolute Gasteiger partial charge is 0.462 e. The van der Waals surface area contributed by atoms with Crippen LogP contribution in [0, 0.1) is 0 Å². The average Bonchev–Trinajstić information content (AvgIpc) is 2.65. The normalized spacial score (nSPS) is 13.1. The molecule has 0 fully saturated rings. The number of hydrogen-bond donors (Lipinski definition) is 0. The first-order valence-electron chi connectivity index (χ1n) is 8.62. The van der Waals surface area contributed by atoms with Crippen molar-refractivity contribution in [2.45, 2.75) is 33.1 Å². The van der Waals surface area contributed by atoms with Crippen molar-refractivity contribution in [3.8, 4) is 11.3 Å². The van der Waals surface area contributed by atoms with Gasteiger partial charge in [-0.3, -0.25) is 4.98 Å². The van der Waals surface area contributed by atoms with Crippen LogP contribution in [0.2, 0.25) is 0 Å². The maximum atomic E-state index is 12.8. The molecule has 25 heavy (non-hydrogen) atoms. The van der Waals surface area contributed by atoms with Crippen molar-refractivity contribution < 1.29 is 19.1 Å². The highest BCUT2D eigenvalue weighted by molar-refractivity contribution is 6.03. The van der Waals surface area contributed by atoms with E-state index in [4.69, 9.17) is 9.47 Å². The van der Waals surface area contributed by atoms with Crippen LogP contribution in [-0.4, -0.2) is 30.1 Å². The molecule has 0 N–H and O–H groups in total. The number of benzene rings is 1. The minimum atomic E-state index is -0.429. The molecule has 0 unspecified atom stereocenters. The van der Waals surface area contributed by atoms with Crippen molar-refractivity contribution in [2.24, 2.45) is 0 Å². The van der Waals surface area contributed by atoms with Crippen LogP contribution in [0.3, 0.4) is 0 Å². The number of nitrogens with zero attached hydrogens (tertiary/aromatic N) is 1. The second-order valence-corrected chi connectivity index (χ2v) is 5.88. The monoisotopic (exact) mass is 339 g/mol. The van der Waals surface area contributed by atoms with E-state index in [1.165, 1.54) is 0 Å². The highest BCUT2D eigenvalue weighted by Crippen LogP contribution is 2.32. The minimum absolute atomic E-state index is 0.265. The summed E-state index contributed by atoms with van der Waals surface area (Å²) in [6.45, 7) is 4.48. The van der Waals surface area contributed by atoms with E-state index in [0.717, 1.165) is 12.0 Å². The molecule has 0 radical (unpaired) electrons. The molecule has 0 amide bonds. The van der Waals surface area contributed by atoms with Gasteiger partial charge in [-0.1, -0.05) is 44.2 Å². The molecule has 0 aliphatic carbocycles. The second-order valence-electron chi connectivity index (χ2n) is 5.88. The van der Waals surface area contributed by atoms with Crippen molar-refractivity contribution in [1.82, 2.24) is 4.98 Å². The van der Waals surface area contributed by atoms with Gasteiger partial charge in [0.25, 0.3) is 0 Å². The Morgan fingerprint density at radius 1 is 1.24 bits per heavy atom. The van der Waals surface area contributed by atoms with E-state index >= 15 is 0 Å². The highest BCUT2D eigenvalue weighted by Gasteiger charge is 2.31. The summed E-state index contributed by atoms with van der Waals surface area (Å²) < 4.78 is 10.6. The van der Waals surface area contributed by atoms with Gasteiger partial charge >= 0.3 is 11.9 Å². The second kappa shape index (κ2) is 7.47. The molecule has 0 saturated heterocycles. The standard InChI is InChI=1S/C20H21NO4/c1-3-11-24-20(23)17-14-10-12-25-19(22)16(14)15(4-2)21-18(17)13-8-6-5-7-9-13/h5-9H,3-4,10-12H2,1-2H3. The number of rotatable bonds is 5. The zero-order valence-corrected chi connectivity index (χ0v) is 14.5. The van der Waals surface area contributed by atoms with Gasteiger partial charge in [-0.15, -0.1) is 0 Å². The molecule has 1 aromatic carbocycles. The third-order valence-electron chi connectivity index (χ3n) is 4.19. The molecule has 5 heteroatoms. The Morgan fingerprint density at radius 2 is 2.00 bits per heavy atom. The van der Waals surface area contributed by atoms with Crippen molar-refractivity contribution >= 4 is 11.9 Å². The summed E-state index contributed by atoms with van der Waals surface area (Å²) >= 11 is 0. The summed E-state index contributed by atoms with van der Waals surface area (Å²) in [4.78, 5) is 29.7.